The zero-order valence-corrected chi connectivity index (χ0v) is 24.7. The van der Waals surface area contributed by atoms with Crippen molar-refractivity contribution in [3.05, 3.63) is 59.7 Å². The van der Waals surface area contributed by atoms with Gasteiger partial charge in [-0.15, -0.1) is 0 Å². The predicted molar refractivity (Wildman–Crippen MR) is 147 cm³/mol. The number of cyclic esters (lactones) is 1. The molecule has 6 atom stereocenters. The van der Waals surface area contributed by atoms with Gasteiger partial charge in [-0.05, 0) is 56.5 Å². The van der Waals surface area contributed by atoms with Gasteiger partial charge in [0.2, 0.25) is 0 Å². The fourth-order valence-corrected chi connectivity index (χ4v) is 6.02. The van der Waals surface area contributed by atoms with Gasteiger partial charge in [-0.2, -0.15) is 0 Å². The highest BCUT2D eigenvalue weighted by Crippen LogP contribution is 2.44. The van der Waals surface area contributed by atoms with Crippen molar-refractivity contribution in [3.63, 3.8) is 0 Å². The highest BCUT2D eigenvalue weighted by Gasteiger charge is 2.47. The van der Waals surface area contributed by atoms with E-state index in [0.717, 1.165) is 11.8 Å². The second kappa shape index (κ2) is 11.8. The van der Waals surface area contributed by atoms with Crippen LogP contribution in [-0.4, -0.2) is 44.5 Å². The predicted octanol–water partition coefficient (Wildman–Crippen LogP) is 6.68. The van der Waals surface area contributed by atoms with Crippen molar-refractivity contribution in [1.82, 2.24) is 0 Å². The Morgan fingerprint density at radius 2 is 1.84 bits per heavy atom. The van der Waals surface area contributed by atoms with Gasteiger partial charge in [0.1, 0.15) is 18.5 Å². The summed E-state index contributed by atoms with van der Waals surface area (Å²) < 4.78 is 25.7. The second-order valence-corrected chi connectivity index (χ2v) is 16.9. The quantitative estimate of drug-likeness (QED) is 0.140. The van der Waals surface area contributed by atoms with E-state index in [0.29, 0.717) is 18.4 Å². The third-order valence-corrected chi connectivity index (χ3v) is 12.6. The van der Waals surface area contributed by atoms with Crippen molar-refractivity contribution in [2.45, 2.75) is 109 Å². The SMILES string of the molecule is C/C(=C\C=O)[C@H]1OC(=O)CC(O[Si](C)(C)C(C)(C)C)CC[C@@]2(C)OC(c3ccccc3)O[C@H]2/C=C\[C@@H]1C. The number of benzene rings is 1. The van der Waals surface area contributed by atoms with Gasteiger partial charge in [-0.1, -0.05) is 70.2 Å². The molecule has 0 radical (unpaired) electrons. The minimum Gasteiger partial charge on any atom is -0.457 e. The van der Waals surface area contributed by atoms with E-state index >= 15 is 0 Å². The fourth-order valence-electron chi connectivity index (χ4n) is 4.64. The Bertz CT molecular complexity index is 995. The first-order chi connectivity index (χ1) is 17.3. The molecule has 6 nitrogen and oxygen atoms in total. The maximum absolute atomic E-state index is 13.2. The third kappa shape index (κ3) is 7.28. The monoisotopic (exact) mass is 528 g/mol. The number of esters is 1. The molecule has 2 aliphatic heterocycles. The normalized spacial score (nSPS) is 33.0. The Kier molecular flexibility index (Phi) is 9.38. The lowest BCUT2D eigenvalue weighted by atomic mass is 9.89. The van der Waals surface area contributed by atoms with E-state index in [4.69, 9.17) is 18.6 Å². The summed E-state index contributed by atoms with van der Waals surface area (Å²) in [6, 6.07) is 9.94. The summed E-state index contributed by atoms with van der Waals surface area (Å²) in [6.07, 6.45) is 6.04. The lowest BCUT2D eigenvalue weighted by molar-refractivity contribution is -0.151. The molecule has 0 N–H and O–H groups in total. The number of rotatable bonds is 5. The van der Waals surface area contributed by atoms with Gasteiger partial charge >= 0.3 is 5.97 Å². The first kappa shape index (κ1) is 29.5. The number of carbonyl (C=O) groups excluding carboxylic acids is 2. The van der Waals surface area contributed by atoms with Crippen LogP contribution in [0.25, 0.3) is 0 Å². The van der Waals surface area contributed by atoms with Crippen molar-refractivity contribution in [1.29, 1.82) is 0 Å². The number of fused-ring (bicyclic) bond motifs is 1. The number of aldehydes is 1. The molecule has 3 rings (SSSR count). The summed E-state index contributed by atoms with van der Waals surface area (Å²) in [5.74, 6) is -0.483. The van der Waals surface area contributed by atoms with Crippen LogP contribution in [0.1, 0.15) is 72.7 Å². The molecule has 37 heavy (non-hydrogen) atoms. The van der Waals surface area contributed by atoms with Crippen LogP contribution in [-0.2, 0) is 28.2 Å². The van der Waals surface area contributed by atoms with Gasteiger partial charge in [0, 0.05) is 11.5 Å². The zero-order valence-electron chi connectivity index (χ0n) is 23.7. The minimum atomic E-state index is -2.15. The van der Waals surface area contributed by atoms with Crippen LogP contribution in [0.5, 0.6) is 0 Å². The molecule has 0 spiro atoms. The van der Waals surface area contributed by atoms with Crippen molar-refractivity contribution in [2.75, 3.05) is 0 Å². The van der Waals surface area contributed by atoms with E-state index in [9.17, 15) is 9.59 Å². The molecule has 1 fully saturated rings. The molecule has 7 heteroatoms. The highest BCUT2D eigenvalue weighted by molar-refractivity contribution is 6.74. The maximum Gasteiger partial charge on any atom is 0.308 e. The maximum atomic E-state index is 13.2. The Hall–Kier alpha value is -2.06. The number of ether oxygens (including phenoxy) is 3. The summed E-state index contributed by atoms with van der Waals surface area (Å²) in [6.45, 7) is 16.9. The van der Waals surface area contributed by atoms with E-state index in [1.165, 1.54) is 6.08 Å². The van der Waals surface area contributed by atoms with Crippen molar-refractivity contribution >= 4 is 20.6 Å². The number of carbonyl (C=O) groups is 2. The van der Waals surface area contributed by atoms with Crippen LogP contribution >= 0.6 is 0 Å². The van der Waals surface area contributed by atoms with Crippen LogP contribution in [0, 0.1) is 5.92 Å². The highest BCUT2D eigenvalue weighted by atomic mass is 28.4. The van der Waals surface area contributed by atoms with E-state index in [2.05, 4.69) is 40.8 Å². The molecule has 1 saturated heterocycles. The van der Waals surface area contributed by atoms with Gasteiger partial charge in [0.15, 0.2) is 14.6 Å². The van der Waals surface area contributed by atoms with Crippen LogP contribution in [0.2, 0.25) is 18.1 Å². The van der Waals surface area contributed by atoms with Gasteiger partial charge in [0.25, 0.3) is 0 Å². The first-order valence-corrected chi connectivity index (χ1v) is 16.2. The molecule has 204 valence electrons. The number of allylic oxidation sites excluding steroid dienone is 1. The average molecular weight is 529 g/mol. The molecule has 2 unspecified atom stereocenters. The third-order valence-electron chi connectivity index (χ3n) is 8.05. The van der Waals surface area contributed by atoms with E-state index < -0.39 is 26.3 Å². The van der Waals surface area contributed by atoms with Crippen LogP contribution in [0.15, 0.2) is 54.1 Å². The van der Waals surface area contributed by atoms with Crippen LogP contribution in [0.4, 0.5) is 0 Å². The number of hydrogen-bond acceptors (Lipinski definition) is 6. The van der Waals surface area contributed by atoms with E-state index in [-0.39, 0.29) is 35.6 Å². The first-order valence-electron chi connectivity index (χ1n) is 13.3. The smallest absolute Gasteiger partial charge is 0.308 e. The summed E-state index contributed by atoms with van der Waals surface area (Å²) in [4.78, 5) is 24.4. The second-order valence-electron chi connectivity index (χ2n) is 12.2. The minimum absolute atomic E-state index is 0.00147. The van der Waals surface area contributed by atoms with E-state index in [1.54, 1.807) is 0 Å². The molecule has 2 aliphatic rings. The molecular weight excluding hydrogens is 484 g/mol. The van der Waals surface area contributed by atoms with Crippen LogP contribution in [0.3, 0.4) is 0 Å². The lowest BCUT2D eigenvalue weighted by Crippen LogP contribution is -2.45. The average Bonchev–Trinajstić information content (AvgIpc) is 3.15. The van der Waals surface area contributed by atoms with Crippen molar-refractivity contribution in [3.8, 4) is 0 Å². The number of hydrogen-bond donors (Lipinski definition) is 0. The zero-order chi connectivity index (χ0) is 27.4. The summed E-state index contributed by atoms with van der Waals surface area (Å²) in [7, 11) is -2.15. The molecule has 1 aromatic rings. The largest absolute Gasteiger partial charge is 0.457 e. The molecule has 0 bridgehead atoms. The Labute approximate surface area is 223 Å². The molecule has 2 heterocycles. The van der Waals surface area contributed by atoms with Crippen molar-refractivity contribution in [2.24, 2.45) is 5.92 Å². The molecule has 0 aliphatic carbocycles. The van der Waals surface area contributed by atoms with E-state index in [1.807, 2.05) is 56.3 Å². The van der Waals surface area contributed by atoms with Gasteiger partial charge in [-0.25, -0.2) is 0 Å². The Morgan fingerprint density at radius 1 is 1.16 bits per heavy atom. The Morgan fingerprint density at radius 3 is 2.46 bits per heavy atom. The summed E-state index contributed by atoms with van der Waals surface area (Å²) in [5, 5.41) is 0.00147. The molecule has 0 amide bonds. The van der Waals surface area contributed by atoms with Gasteiger partial charge in [-0.3, -0.25) is 9.59 Å². The summed E-state index contributed by atoms with van der Waals surface area (Å²) in [5.41, 5.74) is 1.07. The van der Waals surface area contributed by atoms with Crippen LogP contribution < -0.4 is 0 Å². The molecular formula is C30H44O6Si. The van der Waals surface area contributed by atoms with Crippen molar-refractivity contribution < 1.29 is 28.2 Å². The standard InChI is InChI=1S/C30H44O6Si/c1-21-14-15-25-30(6,35-28(33-25)23-12-10-9-11-13-23)18-16-24(36-37(7,8)29(3,4)5)20-26(32)34-27(21)22(2)17-19-31/h9-15,17,19,21,24-25,27-28H,16,18,20H2,1-8H3/b15-14-,22-17+/t21-,24?,25-,27-,28?,30+/m0/s1. The van der Waals surface area contributed by atoms with Gasteiger partial charge < -0.3 is 18.6 Å². The fraction of sp³-hybridized carbons (Fsp3) is 0.600. The van der Waals surface area contributed by atoms with Gasteiger partial charge in [0.05, 0.1) is 18.1 Å². The lowest BCUT2D eigenvalue weighted by Gasteiger charge is -2.40. The Balaban J connectivity index is 1.97. The molecule has 1 aromatic carbocycles. The molecule has 0 saturated carbocycles. The summed E-state index contributed by atoms with van der Waals surface area (Å²) >= 11 is 0. The molecule has 0 aromatic heterocycles. The topological polar surface area (TPSA) is 71.1 Å².